The quantitative estimate of drug-likeness (QED) is 0.685. The molecular formula is C14H21O. The van der Waals surface area contributed by atoms with Gasteiger partial charge in [0.15, 0.2) is 0 Å². The van der Waals surface area contributed by atoms with Crippen molar-refractivity contribution >= 4 is 0 Å². The van der Waals surface area contributed by atoms with Crippen molar-refractivity contribution in [2.24, 2.45) is 5.92 Å². The summed E-state index contributed by atoms with van der Waals surface area (Å²) in [6.45, 7) is 6.41. The number of hydrogen-bond donors (Lipinski definition) is 0. The molecule has 0 spiro atoms. The minimum absolute atomic E-state index is 0.501. The maximum absolute atomic E-state index is 5.32. The SMILES string of the molecule is [CH2]C(CCCC)Cc1ccccc1OC. The van der Waals surface area contributed by atoms with Gasteiger partial charge in [-0.2, -0.15) is 0 Å². The molecular weight excluding hydrogens is 184 g/mol. The van der Waals surface area contributed by atoms with Crippen LogP contribution in [0.1, 0.15) is 31.7 Å². The Morgan fingerprint density at radius 1 is 1.33 bits per heavy atom. The Morgan fingerprint density at radius 2 is 2.07 bits per heavy atom. The molecule has 0 aliphatic heterocycles. The molecule has 0 saturated carbocycles. The van der Waals surface area contributed by atoms with Gasteiger partial charge in [0.05, 0.1) is 7.11 Å². The van der Waals surface area contributed by atoms with Crippen LogP contribution in [-0.4, -0.2) is 7.11 Å². The van der Waals surface area contributed by atoms with Crippen LogP contribution < -0.4 is 4.74 Å². The molecule has 0 amide bonds. The second-order valence-corrected chi connectivity index (χ2v) is 4.02. The summed E-state index contributed by atoms with van der Waals surface area (Å²) in [7, 11) is 1.73. The second kappa shape index (κ2) is 6.49. The molecule has 0 saturated heterocycles. The van der Waals surface area contributed by atoms with Gasteiger partial charge in [-0.15, -0.1) is 0 Å². The molecule has 0 aliphatic carbocycles. The molecule has 1 heteroatoms. The van der Waals surface area contributed by atoms with Crippen molar-refractivity contribution in [3.05, 3.63) is 36.8 Å². The molecule has 0 aromatic heterocycles. The smallest absolute Gasteiger partial charge is 0.122 e. The molecule has 83 valence electrons. The highest BCUT2D eigenvalue weighted by Crippen LogP contribution is 2.22. The van der Waals surface area contributed by atoms with Crippen LogP contribution in [0.3, 0.4) is 0 Å². The van der Waals surface area contributed by atoms with Gasteiger partial charge in [-0.3, -0.25) is 0 Å². The predicted octanol–water partition coefficient (Wildman–Crippen LogP) is 3.88. The summed E-state index contributed by atoms with van der Waals surface area (Å²) in [4.78, 5) is 0. The van der Waals surface area contributed by atoms with Crippen LogP contribution in [0.5, 0.6) is 5.75 Å². The third-order valence-corrected chi connectivity index (χ3v) is 2.67. The second-order valence-electron chi connectivity index (χ2n) is 4.02. The number of ether oxygens (including phenoxy) is 1. The van der Waals surface area contributed by atoms with Gasteiger partial charge in [0.25, 0.3) is 0 Å². The van der Waals surface area contributed by atoms with Gasteiger partial charge >= 0.3 is 0 Å². The molecule has 1 rings (SSSR count). The summed E-state index contributed by atoms with van der Waals surface area (Å²) in [6, 6.07) is 8.21. The lowest BCUT2D eigenvalue weighted by atomic mass is 9.95. The van der Waals surface area contributed by atoms with E-state index in [0.29, 0.717) is 5.92 Å². The van der Waals surface area contributed by atoms with Crippen molar-refractivity contribution in [1.82, 2.24) is 0 Å². The van der Waals surface area contributed by atoms with Crippen LogP contribution in [0.15, 0.2) is 24.3 Å². The summed E-state index contributed by atoms with van der Waals surface area (Å²) >= 11 is 0. The number of rotatable bonds is 6. The Labute approximate surface area is 93.5 Å². The van der Waals surface area contributed by atoms with Gasteiger partial charge in [0.2, 0.25) is 0 Å². The minimum Gasteiger partial charge on any atom is -0.496 e. The van der Waals surface area contributed by atoms with Gasteiger partial charge in [-0.1, -0.05) is 44.4 Å². The molecule has 1 nitrogen and oxygen atoms in total. The maximum atomic E-state index is 5.32. The summed E-state index contributed by atoms with van der Waals surface area (Å²) in [6.07, 6.45) is 4.74. The largest absolute Gasteiger partial charge is 0.496 e. The van der Waals surface area contributed by atoms with Crippen LogP contribution in [0.4, 0.5) is 0 Å². The van der Waals surface area contributed by atoms with E-state index < -0.39 is 0 Å². The number of hydrogen-bond acceptors (Lipinski definition) is 1. The van der Waals surface area contributed by atoms with E-state index in [9.17, 15) is 0 Å². The number of unbranched alkanes of at least 4 members (excludes halogenated alkanes) is 1. The van der Waals surface area contributed by atoms with E-state index in [1.54, 1.807) is 7.11 Å². The summed E-state index contributed by atoms with van der Waals surface area (Å²) < 4.78 is 5.32. The van der Waals surface area contributed by atoms with Gasteiger partial charge in [0.1, 0.15) is 5.75 Å². The first-order valence-corrected chi connectivity index (χ1v) is 5.73. The zero-order chi connectivity index (χ0) is 11.1. The Morgan fingerprint density at radius 3 is 2.73 bits per heavy atom. The molecule has 1 aromatic rings. The van der Waals surface area contributed by atoms with Crippen molar-refractivity contribution in [2.75, 3.05) is 7.11 Å². The molecule has 1 atom stereocenters. The van der Waals surface area contributed by atoms with Gasteiger partial charge in [-0.05, 0) is 30.9 Å². The number of para-hydroxylation sites is 1. The summed E-state index contributed by atoms with van der Waals surface area (Å²) in [5.74, 6) is 1.49. The lowest BCUT2D eigenvalue weighted by Crippen LogP contribution is -2.01. The van der Waals surface area contributed by atoms with Crippen LogP contribution >= 0.6 is 0 Å². The zero-order valence-electron chi connectivity index (χ0n) is 9.83. The Balaban J connectivity index is 2.55. The maximum Gasteiger partial charge on any atom is 0.122 e. The third kappa shape index (κ3) is 3.94. The lowest BCUT2D eigenvalue weighted by Gasteiger charge is -2.13. The van der Waals surface area contributed by atoms with Crippen LogP contribution in [0, 0.1) is 12.8 Å². The molecule has 1 radical (unpaired) electrons. The monoisotopic (exact) mass is 205 g/mol. The molecule has 1 aromatic carbocycles. The fourth-order valence-corrected chi connectivity index (χ4v) is 1.78. The van der Waals surface area contributed by atoms with Crippen LogP contribution in [0.25, 0.3) is 0 Å². The average molecular weight is 205 g/mol. The van der Waals surface area contributed by atoms with E-state index in [-0.39, 0.29) is 0 Å². The Kier molecular flexibility index (Phi) is 5.23. The molecule has 0 N–H and O–H groups in total. The molecule has 0 bridgehead atoms. The van der Waals surface area contributed by atoms with Gasteiger partial charge in [0, 0.05) is 0 Å². The minimum atomic E-state index is 0.501. The summed E-state index contributed by atoms with van der Waals surface area (Å²) in [5, 5.41) is 0. The van der Waals surface area contributed by atoms with Crippen LogP contribution in [0.2, 0.25) is 0 Å². The molecule has 0 heterocycles. The van der Waals surface area contributed by atoms with E-state index >= 15 is 0 Å². The summed E-state index contributed by atoms with van der Waals surface area (Å²) in [5.41, 5.74) is 1.27. The fourth-order valence-electron chi connectivity index (χ4n) is 1.78. The highest BCUT2D eigenvalue weighted by atomic mass is 16.5. The molecule has 0 aliphatic rings. The highest BCUT2D eigenvalue weighted by molar-refractivity contribution is 5.33. The van der Waals surface area contributed by atoms with Crippen molar-refractivity contribution in [2.45, 2.75) is 32.6 Å². The first-order valence-electron chi connectivity index (χ1n) is 5.73. The number of methoxy groups -OCH3 is 1. The first-order chi connectivity index (χ1) is 7.27. The lowest BCUT2D eigenvalue weighted by molar-refractivity contribution is 0.405. The average Bonchev–Trinajstić information content (AvgIpc) is 2.27. The van der Waals surface area contributed by atoms with Crippen molar-refractivity contribution in [3.8, 4) is 5.75 Å². The molecule has 1 unspecified atom stereocenters. The fraction of sp³-hybridized carbons (Fsp3) is 0.500. The number of benzene rings is 1. The third-order valence-electron chi connectivity index (χ3n) is 2.67. The van der Waals surface area contributed by atoms with E-state index in [1.807, 2.05) is 12.1 Å². The Hall–Kier alpha value is -0.980. The highest BCUT2D eigenvalue weighted by Gasteiger charge is 2.07. The predicted molar refractivity (Wildman–Crippen MR) is 65.1 cm³/mol. The topological polar surface area (TPSA) is 9.23 Å². The van der Waals surface area contributed by atoms with Crippen LogP contribution in [-0.2, 0) is 6.42 Å². The van der Waals surface area contributed by atoms with E-state index in [4.69, 9.17) is 4.74 Å². The van der Waals surface area contributed by atoms with E-state index in [1.165, 1.54) is 24.8 Å². The van der Waals surface area contributed by atoms with Crippen molar-refractivity contribution in [3.63, 3.8) is 0 Å². The molecule has 15 heavy (non-hydrogen) atoms. The van der Waals surface area contributed by atoms with Crippen molar-refractivity contribution in [1.29, 1.82) is 0 Å². The van der Waals surface area contributed by atoms with Crippen molar-refractivity contribution < 1.29 is 4.74 Å². The standard InChI is InChI=1S/C14H21O/c1-4-5-8-12(2)11-13-9-6-7-10-14(13)15-3/h6-7,9-10,12H,2,4-5,8,11H2,1,3H3. The zero-order valence-corrected chi connectivity index (χ0v) is 9.83. The Bertz CT molecular complexity index is 280. The molecule has 0 fully saturated rings. The first kappa shape index (κ1) is 12.1. The van der Waals surface area contributed by atoms with E-state index in [2.05, 4.69) is 26.0 Å². The van der Waals surface area contributed by atoms with Gasteiger partial charge < -0.3 is 4.74 Å². The normalized spacial score (nSPS) is 12.5. The van der Waals surface area contributed by atoms with Gasteiger partial charge in [-0.25, -0.2) is 0 Å². The van der Waals surface area contributed by atoms with E-state index in [0.717, 1.165) is 12.2 Å².